The van der Waals surface area contributed by atoms with Gasteiger partial charge in [0, 0.05) is 38.7 Å². The zero-order valence-corrected chi connectivity index (χ0v) is 43.5. The van der Waals surface area contributed by atoms with E-state index in [1.807, 2.05) is 0 Å². The van der Waals surface area contributed by atoms with E-state index in [2.05, 4.69) is 304 Å². The van der Waals surface area contributed by atoms with Crippen LogP contribution in [0.4, 0.5) is 17.1 Å². The second kappa shape index (κ2) is 17.9. The molecule has 2 aliphatic carbocycles. The molecular weight excluding hydrogens is 943 g/mol. The van der Waals surface area contributed by atoms with Crippen molar-refractivity contribution in [1.82, 2.24) is 0 Å². The Kier molecular flexibility index (Phi) is 10.5. The van der Waals surface area contributed by atoms with Gasteiger partial charge in [-0.3, -0.25) is 0 Å². The largest absolute Gasteiger partial charge is 0.455 e. The van der Waals surface area contributed by atoms with E-state index in [1.165, 1.54) is 72.3 Å². The van der Waals surface area contributed by atoms with Crippen LogP contribution in [-0.2, 0) is 10.8 Å². The predicted octanol–water partition coefficient (Wildman–Crippen LogP) is 20.4. The second-order valence-corrected chi connectivity index (χ2v) is 21.5. The van der Waals surface area contributed by atoms with E-state index in [4.69, 9.17) is 4.42 Å². The first-order valence-electron chi connectivity index (χ1n) is 27.2. The maximum Gasteiger partial charge on any atom is 0.143 e. The quantitative estimate of drug-likeness (QED) is 0.143. The fourth-order valence-corrected chi connectivity index (χ4v) is 13.4. The van der Waals surface area contributed by atoms with E-state index >= 15 is 0 Å². The van der Waals surface area contributed by atoms with Crippen molar-refractivity contribution in [2.45, 2.75) is 24.7 Å². The topological polar surface area (TPSA) is 16.4 Å². The maximum atomic E-state index is 6.84. The van der Waals surface area contributed by atoms with Crippen molar-refractivity contribution >= 4 is 39.0 Å². The molecular formula is C76H53NO. The molecule has 2 aliphatic rings. The summed E-state index contributed by atoms with van der Waals surface area (Å²) in [5, 5.41) is 2.24. The Morgan fingerprint density at radius 1 is 0.321 bits per heavy atom. The molecule has 0 saturated heterocycles. The van der Waals surface area contributed by atoms with Gasteiger partial charge in [-0.05, 0) is 131 Å². The molecule has 0 amide bonds. The van der Waals surface area contributed by atoms with Gasteiger partial charge in [-0.25, -0.2) is 0 Å². The molecule has 0 atom stereocenters. The highest BCUT2D eigenvalue weighted by atomic mass is 16.3. The fraction of sp³-hybridized carbons (Fsp3) is 0.0526. The van der Waals surface area contributed by atoms with E-state index in [0.29, 0.717) is 0 Å². The van der Waals surface area contributed by atoms with Crippen LogP contribution in [0, 0.1) is 0 Å². The third-order valence-electron chi connectivity index (χ3n) is 17.0. The lowest BCUT2D eigenvalue weighted by atomic mass is 9.66. The minimum absolute atomic E-state index is 0.180. The highest BCUT2D eigenvalue weighted by Gasteiger charge is 2.49. The molecule has 15 rings (SSSR count). The maximum absolute atomic E-state index is 6.84. The van der Waals surface area contributed by atoms with Gasteiger partial charge in [-0.15, -0.1) is 0 Å². The van der Waals surface area contributed by atoms with E-state index in [0.717, 1.165) is 66.8 Å². The monoisotopic (exact) mass is 995 g/mol. The lowest BCUT2D eigenvalue weighted by molar-refractivity contribution is 0.660. The smallest absolute Gasteiger partial charge is 0.143 e. The lowest BCUT2D eigenvalue weighted by Gasteiger charge is -2.35. The summed E-state index contributed by atoms with van der Waals surface area (Å²) in [5.41, 5.74) is 26.2. The molecule has 0 aliphatic heterocycles. The summed E-state index contributed by atoms with van der Waals surface area (Å²) < 4.78 is 6.84. The molecule has 1 aromatic heterocycles. The Morgan fingerprint density at radius 3 is 1.58 bits per heavy atom. The normalized spacial score (nSPS) is 13.5. The van der Waals surface area contributed by atoms with E-state index in [-0.39, 0.29) is 5.41 Å². The van der Waals surface area contributed by atoms with Crippen molar-refractivity contribution in [1.29, 1.82) is 0 Å². The molecule has 0 radical (unpaired) electrons. The molecule has 0 unspecified atom stereocenters. The highest BCUT2D eigenvalue weighted by molar-refractivity contribution is 6.12. The fourth-order valence-electron chi connectivity index (χ4n) is 13.4. The average Bonchev–Trinajstić information content (AvgIpc) is 4.15. The Hall–Kier alpha value is -9.76. The van der Waals surface area contributed by atoms with Crippen molar-refractivity contribution in [2.24, 2.45) is 0 Å². The zero-order chi connectivity index (χ0) is 52.0. The Balaban J connectivity index is 0.976. The summed E-state index contributed by atoms with van der Waals surface area (Å²) in [6, 6.07) is 105. The highest BCUT2D eigenvalue weighted by Crippen LogP contribution is 2.62. The van der Waals surface area contributed by atoms with Gasteiger partial charge in [0.15, 0.2) is 0 Å². The van der Waals surface area contributed by atoms with Crippen LogP contribution in [0.15, 0.2) is 290 Å². The van der Waals surface area contributed by atoms with Crippen molar-refractivity contribution in [3.05, 3.63) is 318 Å². The number of fused-ring (bicyclic) bond motifs is 9. The molecule has 0 saturated carbocycles. The summed E-state index contributed by atoms with van der Waals surface area (Å²) in [4.78, 5) is 2.48. The van der Waals surface area contributed by atoms with Crippen LogP contribution in [0.2, 0.25) is 0 Å². The summed E-state index contributed by atoms with van der Waals surface area (Å²) in [6.45, 7) is 4.74. The van der Waals surface area contributed by atoms with Crippen LogP contribution in [0.5, 0.6) is 0 Å². The van der Waals surface area contributed by atoms with Gasteiger partial charge in [0.05, 0.1) is 11.1 Å². The number of nitrogens with zero attached hydrogens (tertiary/aromatic N) is 1. The van der Waals surface area contributed by atoms with Gasteiger partial charge in [0.1, 0.15) is 11.2 Å². The van der Waals surface area contributed by atoms with Gasteiger partial charge in [-0.1, -0.05) is 257 Å². The third-order valence-corrected chi connectivity index (χ3v) is 17.0. The molecule has 1 heterocycles. The van der Waals surface area contributed by atoms with Crippen LogP contribution in [0.25, 0.3) is 88.7 Å². The molecule has 0 bridgehead atoms. The van der Waals surface area contributed by atoms with Gasteiger partial charge < -0.3 is 9.32 Å². The SMILES string of the molecule is CC1(C)c2ccccc2-c2ccc(N(c3ccc(-c4ccc(-c5cccc6c5oc5ccccc56)c5c4C(c4ccccc4)(c4ccccc4)c4ccccc4-5)cc3)c3ccc(-c4ccccc4)cc3-c3ccccc3)cc21. The zero-order valence-electron chi connectivity index (χ0n) is 43.5. The van der Waals surface area contributed by atoms with Crippen LogP contribution < -0.4 is 4.90 Å². The van der Waals surface area contributed by atoms with Crippen molar-refractivity contribution in [2.75, 3.05) is 4.90 Å². The van der Waals surface area contributed by atoms with Gasteiger partial charge >= 0.3 is 0 Å². The van der Waals surface area contributed by atoms with Crippen LogP contribution >= 0.6 is 0 Å². The number of rotatable bonds is 9. The number of benzene rings is 12. The van der Waals surface area contributed by atoms with Gasteiger partial charge in [0.2, 0.25) is 0 Å². The predicted molar refractivity (Wildman–Crippen MR) is 325 cm³/mol. The van der Waals surface area contributed by atoms with E-state index in [1.54, 1.807) is 0 Å². The number of para-hydroxylation sites is 2. The number of anilines is 3. The summed E-state index contributed by atoms with van der Waals surface area (Å²) >= 11 is 0. The molecule has 2 heteroatoms. The molecule has 0 spiro atoms. The van der Waals surface area contributed by atoms with Gasteiger partial charge in [0.25, 0.3) is 0 Å². The summed E-state index contributed by atoms with van der Waals surface area (Å²) in [6.07, 6.45) is 0. The minimum Gasteiger partial charge on any atom is -0.455 e. The van der Waals surface area contributed by atoms with Crippen LogP contribution in [0.1, 0.15) is 47.2 Å². The molecule has 12 aromatic carbocycles. The van der Waals surface area contributed by atoms with Crippen molar-refractivity contribution in [3.8, 4) is 66.8 Å². The van der Waals surface area contributed by atoms with E-state index < -0.39 is 5.41 Å². The molecule has 0 fully saturated rings. The van der Waals surface area contributed by atoms with Crippen molar-refractivity contribution < 1.29 is 4.42 Å². The Morgan fingerprint density at radius 2 is 0.846 bits per heavy atom. The van der Waals surface area contributed by atoms with Gasteiger partial charge in [-0.2, -0.15) is 0 Å². The van der Waals surface area contributed by atoms with Crippen LogP contribution in [-0.4, -0.2) is 0 Å². The second-order valence-electron chi connectivity index (χ2n) is 21.5. The summed E-state index contributed by atoms with van der Waals surface area (Å²) in [5.74, 6) is 0. The average molecular weight is 996 g/mol. The first-order chi connectivity index (χ1) is 38.5. The third kappa shape index (κ3) is 6.89. The minimum atomic E-state index is -0.661. The van der Waals surface area contributed by atoms with E-state index in [9.17, 15) is 0 Å². The number of hydrogen-bond acceptors (Lipinski definition) is 2. The molecule has 2 nitrogen and oxygen atoms in total. The number of furan rings is 1. The van der Waals surface area contributed by atoms with Crippen LogP contribution in [0.3, 0.4) is 0 Å². The molecule has 0 N–H and O–H groups in total. The molecule has 368 valence electrons. The summed E-state index contributed by atoms with van der Waals surface area (Å²) in [7, 11) is 0. The van der Waals surface area contributed by atoms with Crippen molar-refractivity contribution in [3.63, 3.8) is 0 Å². The Bertz CT molecular complexity index is 4400. The molecule has 78 heavy (non-hydrogen) atoms. The standard InChI is InChI=1S/C76H53NO/c1-75(2)67-35-18-15-30-59(67)60-44-43-57(49-69(60)75)77(70-47-40-53(50-22-7-3-8-23-50)48-66(70)51-24-9-4-10-25-51)56-41-38-52(39-42-56)58-45-46-62(64-34-21-33-63-61-31-17-20-37-71(61)78-74(63)64)72-65-32-16-19-36-68(65)76(73(58)72,54-26-11-5-12-27-54)55-28-13-6-14-29-55/h3-49H,1-2H3. The first kappa shape index (κ1) is 45.6. The lowest BCUT2D eigenvalue weighted by Crippen LogP contribution is -2.29. The first-order valence-corrected chi connectivity index (χ1v) is 27.2. The Labute approximate surface area is 455 Å². The number of hydrogen-bond donors (Lipinski definition) is 0. The molecule has 13 aromatic rings.